The largest absolute Gasteiger partial charge is 0.466 e. The highest BCUT2D eigenvalue weighted by atomic mass is 16.7. The Balaban J connectivity index is 2.05. The first kappa shape index (κ1) is 74.9. The summed E-state index contributed by atoms with van der Waals surface area (Å²) in [4.78, 5) is 25.1. The Kier molecular flexibility index (Phi) is 54.7. The Morgan fingerprint density at radius 2 is 0.823 bits per heavy atom. The van der Waals surface area contributed by atoms with Crippen LogP contribution in [0, 0.1) is 0 Å². The normalized spacial score (nSPS) is 18.6. The summed E-state index contributed by atoms with van der Waals surface area (Å²) in [7, 11) is 0. The number of aliphatic hydroxyl groups excluding tert-OH is 5. The van der Waals surface area contributed by atoms with Gasteiger partial charge in [-0.2, -0.15) is 0 Å². The van der Waals surface area contributed by atoms with Gasteiger partial charge in [-0.1, -0.05) is 275 Å². The molecule has 0 saturated carbocycles. The fraction of sp³-hybridized carbons (Fsp3) is 0.882. The molecule has 0 radical (unpaired) electrons. The molecule has 1 heterocycles. The van der Waals surface area contributed by atoms with Gasteiger partial charge in [0.15, 0.2) is 6.29 Å². The zero-order valence-corrected chi connectivity index (χ0v) is 51.3. The Morgan fingerprint density at radius 1 is 0.456 bits per heavy atom. The van der Waals surface area contributed by atoms with E-state index in [4.69, 9.17) is 14.2 Å². The number of esters is 1. The van der Waals surface area contributed by atoms with Crippen LogP contribution >= 0.6 is 0 Å². The van der Waals surface area contributed by atoms with Crippen molar-refractivity contribution in [3.63, 3.8) is 0 Å². The van der Waals surface area contributed by atoms with Crippen LogP contribution in [-0.2, 0) is 23.8 Å². The van der Waals surface area contributed by atoms with Gasteiger partial charge in [0.25, 0.3) is 0 Å². The lowest BCUT2D eigenvalue weighted by molar-refractivity contribution is -0.302. The predicted molar refractivity (Wildman–Crippen MR) is 329 cm³/mol. The number of carbonyl (C=O) groups excluding carboxylic acids is 2. The molecule has 1 saturated heterocycles. The Labute approximate surface area is 485 Å². The number of aliphatic hydroxyl groups is 5. The number of rotatable bonds is 59. The van der Waals surface area contributed by atoms with E-state index in [9.17, 15) is 35.1 Å². The fourth-order valence-corrected chi connectivity index (χ4v) is 10.6. The van der Waals surface area contributed by atoms with E-state index >= 15 is 0 Å². The van der Waals surface area contributed by atoms with Crippen LogP contribution < -0.4 is 5.32 Å². The van der Waals surface area contributed by atoms with Crippen molar-refractivity contribution >= 4 is 11.9 Å². The second-order valence-corrected chi connectivity index (χ2v) is 23.5. The zero-order chi connectivity index (χ0) is 57.3. The molecule has 464 valence electrons. The van der Waals surface area contributed by atoms with Gasteiger partial charge in [0, 0.05) is 12.8 Å². The minimum Gasteiger partial charge on any atom is -0.466 e. The lowest BCUT2D eigenvalue weighted by Gasteiger charge is -2.40. The van der Waals surface area contributed by atoms with Crippen LogP contribution in [0.5, 0.6) is 0 Å². The van der Waals surface area contributed by atoms with Crippen LogP contribution in [0.25, 0.3) is 0 Å². The second-order valence-electron chi connectivity index (χ2n) is 23.5. The van der Waals surface area contributed by atoms with Gasteiger partial charge in [-0.05, 0) is 70.6 Å². The van der Waals surface area contributed by atoms with Gasteiger partial charge in [-0.25, -0.2) is 0 Å². The summed E-state index contributed by atoms with van der Waals surface area (Å²) in [5.41, 5.74) is 0. The van der Waals surface area contributed by atoms with E-state index < -0.39 is 49.5 Å². The number of allylic oxidation sites excluding steroid dienone is 5. The molecule has 11 heteroatoms. The van der Waals surface area contributed by atoms with E-state index in [1.165, 1.54) is 231 Å². The molecule has 0 aromatic carbocycles. The number of unbranched alkanes of at least 4 members (excludes halogenated alkanes) is 41. The molecule has 1 amide bonds. The molecule has 1 rings (SSSR count). The summed E-state index contributed by atoms with van der Waals surface area (Å²) in [6, 6.07) is -0.830. The summed E-state index contributed by atoms with van der Waals surface area (Å²) < 4.78 is 16.7. The average Bonchev–Trinajstić information content (AvgIpc) is 3.50. The van der Waals surface area contributed by atoms with Crippen LogP contribution in [0.4, 0.5) is 0 Å². The minimum absolute atomic E-state index is 0.00242. The molecule has 1 aliphatic rings. The number of ether oxygens (including phenoxy) is 3. The van der Waals surface area contributed by atoms with Crippen molar-refractivity contribution in [2.75, 3.05) is 19.8 Å². The number of carbonyl (C=O) groups is 2. The molecule has 0 bridgehead atoms. The highest BCUT2D eigenvalue weighted by molar-refractivity contribution is 5.76. The summed E-state index contributed by atoms with van der Waals surface area (Å²) in [6.07, 6.45) is 62.5. The lowest BCUT2D eigenvalue weighted by atomic mass is 9.99. The molecular formula is C68H127NO10. The quantitative estimate of drug-likeness (QED) is 0.0195. The number of hydrogen-bond acceptors (Lipinski definition) is 10. The highest BCUT2D eigenvalue weighted by Gasteiger charge is 2.44. The first-order valence-electron chi connectivity index (χ1n) is 33.8. The standard InChI is InChI=1S/C68H127NO10/c1-3-5-7-9-11-13-15-16-28-31-35-38-42-46-50-54-61(71)60(59-78-68-67(76)66(75)65(74)62(58-70)79-68)69-63(72)55-51-47-43-39-36-32-29-26-24-22-20-18-17-19-21-23-25-27-30-33-37-41-45-49-53-57-77-64(73)56-52-48-44-40-34-14-12-10-8-6-4-2/h18,20,35,38,50,54,60-62,65-68,70-71,74-76H,3-17,19,21-34,36-37,39-49,51-53,55-59H2,1-2H3,(H,69,72)/b20-18-,38-35+,54-50+. The zero-order valence-electron chi connectivity index (χ0n) is 51.3. The maximum atomic E-state index is 13.1. The van der Waals surface area contributed by atoms with E-state index in [1.54, 1.807) is 6.08 Å². The Morgan fingerprint density at radius 3 is 1.25 bits per heavy atom. The molecule has 1 aliphatic heterocycles. The average molecular weight is 1120 g/mol. The lowest BCUT2D eigenvalue weighted by Crippen LogP contribution is -2.60. The third kappa shape index (κ3) is 47.0. The van der Waals surface area contributed by atoms with Crippen LogP contribution in [0.15, 0.2) is 36.5 Å². The number of nitrogens with one attached hydrogen (secondary N) is 1. The van der Waals surface area contributed by atoms with Gasteiger partial charge in [0.05, 0.1) is 32.0 Å². The third-order valence-electron chi connectivity index (χ3n) is 16.0. The molecule has 7 atom stereocenters. The summed E-state index contributed by atoms with van der Waals surface area (Å²) >= 11 is 0. The highest BCUT2D eigenvalue weighted by Crippen LogP contribution is 2.23. The molecule has 0 aromatic rings. The van der Waals surface area contributed by atoms with E-state index in [-0.39, 0.29) is 18.5 Å². The number of amides is 1. The van der Waals surface area contributed by atoms with Crippen molar-refractivity contribution in [1.29, 1.82) is 0 Å². The molecule has 79 heavy (non-hydrogen) atoms. The topological polar surface area (TPSA) is 175 Å². The second kappa shape index (κ2) is 57.7. The monoisotopic (exact) mass is 1120 g/mol. The van der Waals surface area contributed by atoms with Crippen molar-refractivity contribution in [1.82, 2.24) is 5.32 Å². The molecule has 1 fully saturated rings. The molecule has 0 aliphatic carbocycles. The third-order valence-corrected chi connectivity index (χ3v) is 16.0. The van der Waals surface area contributed by atoms with E-state index in [2.05, 4.69) is 43.5 Å². The molecule has 6 N–H and O–H groups in total. The van der Waals surface area contributed by atoms with Gasteiger partial charge >= 0.3 is 5.97 Å². The summed E-state index contributed by atoms with van der Waals surface area (Å²) in [5, 5.41) is 54.5. The molecular weight excluding hydrogens is 991 g/mol. The van der Waals surface area contributed by atoms with Crippen molar-refractivity contribution in [2.24, 2.45) is 0 Å². The van der Waals surface area contributed by atoms with E-state index in [0.717, 1.165) is 64.2 Å². The van der Waals surface area contributed by atoms with Gasteiger partial charge < -0.3 is 45.1 Å². The first-order chi connectivity index (χ1) is 38.7. The number of hydrogen-bond donors (Lipinski definition) is 6. The SMILES string of the molecule is CCCCCCCCCCC/C=C/CC/C=C/C(O)C(COC1OC(CO)C(O)C(O)C1O)NC(=O)CCCCCCCCCCC/C=C\CCCCCCCCCCCCCCOC(=O)CCCCCCCCCCCCC. The van der Waals surface area contributed by atoms with Gasteiger partial charge in [0.1, 0.15) is 24.4 Å². The predicted octanol–water partition coefficient (Wildman–Crippen LogP) is 16.6. The van der Waals surface area contributed by atoms with E-state index in [1.807, 2.05) is 6.08 Å². The maximum Gasteiger partial charge on any atom is 0.305 e. The van der Waals surface area contributed by atoms with Gasteiger partial charge in [-0.3, -0.25) is 9.59 Å². The van der Waals surface area contributed by atoms with Gasteiger partial charge in [-0.15, -0.1) is 0 Å². The van der Waals surface area contributed by atoms with Crippen molar-refractivity contribution in [3.05, 3.63) is 36.5 Å². The Bertz CT molecular complexity index is 1410. The van der Waals surface area contributed by atoms with Crippen molar-refractivity contribution in [2.45, 2.75) is 365 Å². The van der Waals surface area contributed by atoms with Gasteiger partial charge in [0.2, 0.25) is 5.91 Å². The first-order valence-corrected chi connectivity index (χ1v) is 33.8. The maximum absolute atomic E-state index is 13.1. The summed E-state index contributed by atoms with van der Waals surface area (Å²) in [6.45, 7) is 4.35. The molecule has 11 nitrogen and oxygen atoms in total. The fourth-order valence-electron chi connectivity index (χ4n) is 10.6. The minimum atomic E-state index is -1.58. The van der Waals surface area contributed by atoms with Crippen LogP contribution in [-0.4, -0.2) is 100 Å². The van der Waals surface area contributed by atoms with Crippen molar-refractivity contribution < 1.29 is 49.3 Å². The Hall–Kier alpha value is -2.12. The molecule has 7 unspecified atom stereocenters. The smallest absolute Gasteiger partial charge is 0.305 e. The van der Waals surface area contributed by atoms with Crippen LogP contribution in [0.2, 0.25) is 0 Å². The van der Waals surface area contributed by atoms with Crippen LogP contribution in [0.1, 0.15) is 322 Å². The molecule has 0 aromatic heterocycles. The molecule has 0 spiro atoms. The van der Waals surface area contributed by atoms with Crippen LogP contribution in [0.3, 0.4) is 0 Å². The summed E-state index contributed by atoms with van der Waals surface area (Å²) in [5.74, 6) is -0.191. The van der Waals surface area contributed by atoms with E-state index in [0.29, 0.717) is 19.4 Å². The van der Waals surface area contributed by atoms with Crippen molar-refractivity contribution in [3.8, 4) is 0 Å².